The molecule has 11 heteroatoms. The SMILES string of the molecule is COC(=O)CC1c2ccc(-c3nc(NC4CCOCC4)ncc3Cl)cc2C(=O)N1CC(=O)NC(C)(C)c1ccccc1. The number of carbonyl (C=O) groups is 3. The van der Waals surface area contributed by atoms with Crippen LogP contribution in [0.25, 0.3) is 11.3 Å². The number of hydrogen-bond acceptors (Lipinski definition) is 8. The van der Waals surface area contributed by atoms with E-state index < -0.39 is 17.6 Å². The number of ether oxygens (including phenoxy) is 2. The first-order chi connectivity index (χ1) is 20.2. The standard InChI is InChI=1S/C31H34ClN5O5/c1-31(2,20-7-5-4-6-8-20)36-26(38)18-37-25(16-27(39)41-3)22-10-9-19(15-23(22)29(37)40)28-24(32)17-33-30(35-28)34-21-11-13-42-14-12-21/h4-10,15,17,21,25H,11-14,16,18H2,1-3H3,(H,36,38)(H,33,34,35). The predicted molar refractivity (Wildman–Crippen MR) is 158 cm³/mol. The van der Waals surface area contributed by atoms with Crippen LogP contribution in [0.2, 0.25) is 5.02 Å². The molecule has 2 aliphatic rings. The summed E-state index contributed by atoms with van der Waals surface area (Å²) in [6.45, 7) is 4.92. The van der Waals surface area contributed by atoms with E-state index in [1.807, 2.05) is 50.2 Å². The molecule has 0 aliphatic carbocycles. The smallest absolute Gasteiger partial charge is 0.307 e. The van der Waals surface area contributed by atoms with Gasteiger partial charge in [0.25, 0.3) is 5.91 Å². The molecule has 2 aromatic carbocycles. The molecular formula is C31H34ClN5O5. The molecule has 0 radical (unpaired) electrons. The number of benzene rings is 2. The van der Waals surface area contributed by atoms with Gasteiger partial charge in [-0.25, -0.2) is 9.97 Å². The molecule has 1 fully saturated rings. The lowest BCUT2D eigenvalue weighted by atomic mass is 9.94. The second-order valence-electron chi connectivity index (χ2n) is 11.0. The minimum atomic E-state index is -0.668. The molecule has 0 bridgehead atoms. The van der Waals surface area contributed by atoms with Crippen molar-refractivity contribution in [1.29, 1.82) is 0 Å². The number of amides is 2. The number of carbonyl (C=O) groups excluding carboxylic acids is 3. The summed E-state index contributed by atoms with van der Waals surface area (Å²) >= 11 is 6.50. The third kappa shape index (κ3) is 6.39. The van der Waals surface area contributed by atoms with Crippen LogP contribution >= 0.6 is 11.6 Å². The Kier molecular flexibility index (Phi) is 8.74. The molecule has 1 unspecified atom stereocenters. The van der Waals surface area contributed by atoms with Crippen molar-refractivity contribution in [3.8, 4) is 11.3 Å². The average molecular weight is 592 g/mol. The highest BCUT2D eigenvalue weighted by Crippen LogP contribution is 2.39. The number of nitrogens with one attached hydrogen (secondary N) is 2. The van der Waals surface area contributed by atoms with Crippen LogP contribution in [0.15, 0.2) is 54.7 Å². The van der Waals surface area contributed by atoms with Gasteiger partial charge in [0.05, 0.1) is 42.0 Å². The van der Waals surface area contributed by atoms with Crippen LogP contribution < -0.4 is 10.6 Å². The lowest BCUT2D eigenvalue weighted by molar-refractivity contribution is -0.142. The van der Waals surface area contributed by atoms with Crippen LogP contribution in [0.3, 0.4) is 0 Å². The molecule has 2 amide bonds. The Morgan fingerprint density at radius 3 is 2.60 bits per heavy atom. The Labute approximate surface area is 249 Å². The van der Waals surface area contributed by atoms with Gasteiger partial charge in [-0.15, -0.1) is 0 Å². The number of fused-ring (bicyclic) bond motifs is 1. The summed E-state index contributed by atoms with van der Waals surface area (Å²) in [5.74, 6) is -0.750. The number of hydrogen-bond donors (Lipinski definition) is 2. The number of rotatable bonds is 9. The first-order valence-electron chi connectivity index (χ1n) is 13.9. The Hall–Kier alpha value is -4.02. The van der Waals surface area contributed by atoms with Gasteiger partial charge in [-0.2, -0.15) is 0 Å². The Balaban J connectivity index is 1.40. The normalized spacial score (nSPS) is 17.1. The van der Waals surface area contributed by atoms with Gasteiger partial charge in [-0.3, -0.25) is 14.4 Å². The molecule has 10 nitrogen and oxygen atoms in total. The minimum absolute atomic E-state index is 0.0859. The van der Waals surface area contributed by atoms with Crippen molar-refractivity contribution >= 4 is 35.3 Å². The van der Waals surface area contributed by atoms with Crippen LogP contribution in [-0.4, -0.2) is 65.6 Å². The van der Waals surface area contributed by atoms with Crippen molar-refractivity contribution in [2.75, 3.05) is 32.2 Å². The fourth-order valence-corrected chi connectivity index (χ4v) is 5.62. The third-order valence-corrected chi connectivity index (χ3v) is 7.98. The molecule has 1 saturated heterocycles. The molecule has 2 N–H and O–H groups in total. The van der Waals surface area contributed by atoms with Gasteiger partial charge >= 0.3 is 5.97 Å². The lowest BCUT2D eigenvalue weighted by Crippen LogP contribution is -2.47. The minimum Gasteiger partial charge on any atom is -0.469 e. The number of anilines is 1. The van der Waals surface area contributed by atoms with Crippen molar-refractivity contribution < 1.29 is 23.9 Å². The molecule has 0 spiro atoms. The topological polar surface area (TPSA) is 123 Å². The molecule has 220 valence electrons. The predicted octanol–water partition coefficient (Wildman–Crippen LogP) is 4.50. The molecule has 5 rings (SSSR count). The summed E-state index contributed by atoms with van der Waals surface area (Å²) in [5.41, 5.74) is 2.37. The first kappa shape index (κ1) is 29.5. The van der Waals surface area contributed by atoms with E-state index in [1.165, 1.54) is 18.2 Å². The highest BCUT2D eigenvalue weighted by atomic mass is 35.5. The average Bonchev–Trinajstić information content (AvgIpc) is 3.24. The van der Waals surface area contributed by atoms with E-state index >= 15 is 0 Å². The Morgan fingerprint density at radius 1 is 1.14 bits per heavy atom. The van der Waals surface area contributed by atoms with E-state index in [2.05, 4.69) is 20.6 Å². The molecule has 3 aromatic rings. The summed E-state index contributed by atoms with van der Waals surface area (Å²) in [5, 5.41) is 6.70. The summed E-state index contributed by atoms with van der Waals surface area (Å²) in [6, 6.07) is 14.4. The lowest BCUT2D eigenvalue weighted by Gasteiger charge is -2.30. The molecule has 3 heterocycles. The van der Waals surface area contributed by atoms with Gasteiger partial charge in [-0.1, -0.05) is 54.1 Å². The summed E-state index contributed by atoms with van der Waals surface area (Å²) < 4.78 is 10.3. The quantitative estimate of drug-likeness (QED) is 0.349. The maximum Gasteiger partial charge on any atom is 0.307 e. The third-order valence-electron chi connectivity index (χ3n) is 7.70. The van der Waals surface area contributed by atoms with Crippen molar-refractivity contribution in [3.63, 3.8) is 0 Å². The van der Waals surface area contributed by atoms with Crippen LogP contribution in [0, 0.1) is 0 Å². The summed E-state index contributed by atoms with van der Waals surface area (Å²) in [7, 11) is 1.30. The van der Waals surface area contributed by atoms with Crippen molar-refractivity contribution in [2.24, 2.45) is 0 Å². The molecule has 1 atom stereocenters. The molecule has 42 heavy (non-hydrogen) atoms. The highest BCUT2D eigenvalue weighted by molar-refractivity contribution is 6.33. The maximum atomic E-state index is 13.8. The van der Waals surface area contributed by atoms with E-state index in [0.29, 0.717) is 46.6 Å². The van der Waals surface area contributed by atoms with Crippen LogP contribution in [-0.2, 0) is 24.6 Å². The van der Waals surface area contributed by atoms with Gasteiger partial charge in [0.15, 0.2) is 0 Å². The van der Waals surface area contributed by atoms with E-state index in [1.54, 1.807) is 12.1 Å². The zero-order valence-electron chi connectivity index (χ0n) is 23.9. The van der Waals surface area contributed by atoms with Gasteiger partial charge in [0.2, 0.25) is 11.9 Å². The Bertz CT molecular complexity index is 1480. The second-order valence-corrected chi connectivity index (χ2v) is 11.4. The fraction of sp³-hybridized carbons (Fsp3) is 0.387. The number of methoxy groups -OCH3 is 1. The number of aromatic nitrogens is 2. The van der Waals surface area contributed by atoms with Crippen LogP contribution in [0.1, 0.15) is 60.6 Å². The first-order valence-corrected chi connectivity index (χ1v) is 14.3. The highest BCUT2D eigenvalue weighted by Gasteiger charge is 2.40. The van der Waals surface area contributed by atoms with E-state index in [9.17, 15) is 14.4 Å². The van der Waals surface area contributed by atoms with Crippen molar-refractivity contribution in [2.45, 2.75) is 50.7 Å². The van der Waals surface area contributed by atoms with E-state index in [4.69, 9.17) is 21.1 Å². The van der Waals surface area contributed by atoms with E-state index in [-0.39, 0.29) is 30.8 Å². The number of nitrogens with zero attached hydrogens (tertiary/aromatic N) is 3. The molecule has 0 saturated carbocycles. The van der Waals surface area contributed by atoms with Gasteiger partial charge in [0, 0.05) is 30.4 Å². The van der Waals surface area contributed by atoms with Crippen LogP contribution in [0.5, 0.6) is 0 Å². The monoisotopic (exact) mass is 591 g/mol. The Morgan fingerprint density at radius 2 is 1.88 bits per heavy atom. The van der Waals surface area contributed by atoms with Gasteiger partial charge in [-0.05, 0) is 43.9 Å². The summed E-state index contributed by atoms with van der Waals surface area (Å²) in [6.07, 6.45) is 3.15. The zero-order valence-corrected chi connectivity index (χ0v) is 24.6. The van der Waals surface area contributed by atoms with Crippen molar-refractivity contribution in [1.82, 2.24) is 20.2 Å². The largest absolute Gasteiger partial charge is 0.469 e. The van der Waals surface area contributed by atoms with Crippen LogP contribution in [0.4, 0.5) is 5.95 Å². The van der Waals surface area contributed by atoms with E-state index in [0.717, 1.165) is 18.4 Å². The number of halogens is 1. The molecular weight excluding hydrogens is 558 g/mol. The van der Waals surface area contributed by atoms with Crippen molar-refractivity contribution in [3.05, 3.63) is 76.4 Å². The maximum absolute atomic E-state index is 13.8. The second kappa shape index (κ2) is 12.5. The number of esters is 1. The molecule has 1 aromatic heterocycles. The zero-order chi connectivity index (χ0) is 29.9. The fourth-order valence-electron chi connectivity index (χ4n) is 5.42. The van der Waals surface area contributed by atoms with Gasteiger partial charge < -0.3 is 25.0 Å². The molecule has 2 aliphatic heterocycles. The van der Waals surface area contributed by atoms with Gasteiger partial charge in [0.1, 0.15) is 6.54 Å². The summed E-state index contributed by atoms with van der Waals surface area (Å²) in [4.78, 5) is 49.7.